The van der Waals surface area contributed by atoms with E-state index >= 15 is 0 Å². The van der Waals surface area contributed by atoms with E-state index in [4.69, 9.17) is 11.0 Å². The van der Waals surface area contributed by atoms with Crippen molar-refractivity contribution in [3.8, 4) is 17.2 Å². The fourth-order valence-corrected chi connectivity index (χ4v) is 3.38. The summed E-state index contributed by atoms with van der Waals surface area (Å²) in [7, 11) is 0. The van der Waals surface area contributed by atoms with Gasteiger partial charge < -0.3 is 16.2 Å². The highest BCUT2D eigenvalue weighted by molar-refractivity contribution is 6.00. The van der Waals surface area contributed by atoms with E-state index in [9.17, 15) is 9.90 Å². The molecular formula is C21H19N5O2. The summed E-state index contributed by atoms with van der Waals surface area (Å²) in [4.78, 5) is 20.7. The largest absolute Gasteiger partial charge is 0.398 e. The number of aliphatic hydroxyl groups is 1. The number of hydrogen-bond donors (Lipinski definition) is 3. The van der Waals surface area contributed by atoms with Gasteiger partial charge in [0, 0.05) is 41.8 Å². The maximum absolute atomic E-state index is 12.2. The second kappa shape index (κ2) is 7.25. The number of carbonyl (C=O) groups excluding carboxylic acids is 1. The van der Waals surface area contributed by atoms with E-state index in [0.29, 0.717) is 24.3 Å². The van der Waals surface area contributed by atoms with Gasteiger partial charge in [0.2, 0.25) is 5.91 Å². The Labute approximate surface area is 161 Å². The van der Waals surface area contributed by atoms with Gasteiger partial charge in [-0.2, -0.15) is 5.26 Å². The second-order valence-corrected chi connectivity index (χ2v) is 6.93. The normalized spacial score (nSPS) is 17.9. The van der Waals surface area contributed by atoms with Crippen molar-refractivity contribution in [3.63, 3.8) is 0 Å². The molecule has 7 heteroatoms. The van der Waals surface area contributed by atoms with Crippen LogP contribution in [0.4, 0.5) is 11.5 Å². The molecular weight excluding hydrogens is 354 g/mol. The lowest BCUT2D eigenvalue weighted by atomic mass is 9.97. The Kier molecular flexibility index (Phi) is 4.63. The van der Waals surface area contributed by atoms with Crippen LogP contribution in [-0.4, -0.2) is 27.6 Å². The molecule has 2 heterocycles. The molecule has 2 atom stereocenters. The molecule has 2 aromatic heterocycles. The number of anilines is 2. The van der Waals surface area contributed by atoms with Crippen LogP contribution in [0, 0.1) is 23.2 Å². The average molecular weight is 373 g/mol. The topological polar surface area (TPSA) is 125 Å². The van der Waals surface area contributed by atoms with Crippen molar-refractivity contribution in [3.05, 3.63) is 48.4 Å². The van der Waals surface area contributed by atoms with Crippen LogP contribution < -0.4 is 11.1 Å². The van der Waals surface area contributed by atoms with Crippen molar-refractivity contribution in [1.82, 2.24) is 9.97 Å². The van der Waals surface area contributed by atoms with Crippen LogP contribution >= 0.6 is 0 Å². The predicted molar refractivity (Wildman–Crippen MR) is 106 cm³/mol. The van der Waals surface area contributed by atoms with E-state index in [0.717, 1.165) is 27.5 Å². The molecule has 0 aliphatic heterocycles. The number of nitrogens with two attached hydrogens (primary N) is 1. The van der Waals surface area contributed by atoms with Gasteiger partial charge in [-0.25, -0.2) is 4.98 Å². The Bertz CT molecular complexity index is 1110. The Balaban J connectivity index is 1.69. The van der Waals surface area contributed by atoms with Gasteiger partial charge in [0.15, 0.2) is 0 Å². The predicted octanol–water partition coefficient (Wildman–Crippen LogP) is 2.51. The SMILES string of the molecule is N#CC1CC1C(=O)Nc1cc2cc(-c3cnccc3CCO)cc(N)c2cn1. The summed E-state index contributed by atoms with van der Waals surface area (Å²) >= 11 is 0. The highest BCUT2D eigenvalue weighted by atomic mass is 16.3. The fourth-order valence-electron chi connectivity index (χ4n) is 3.38. The summed E-state index contributed by atoms with van der Waals surface area (Å²) in [5.74, 6) is -0.201. The van der Waals surface area contributed by atoms with Gasteiger partial charge in [-0.15, -0.1) is 0 Å². The standard InChI is InChI=1S/C21H19N5O2/c22-9-15-6-16(15)21(28)26-20-8-14-5-13(7-19(23)18(14)11-25-20)17-10-24-3-1-12(17)2-4-27/h1,3,5,7-8,10-11,15-16,27H,2,4,6,23H2,(H,25,26,28). The number of carbonyl (C=O) groups is 1. The van der Waals surface area contributed by atoms with Crippen LogP contribution in [0.25, 0.3) is 21.9 Å². The molecule has 140 valence electrons. The van der Waals surface area contributed by atoms with E-state index in [-0.39, 0.29) is 24.3 Å². The highest BCUT2D eigenvalue weighted by Gasteiger charge is 2.43. The second-order valence-electron chi connectivity index (χ2n) is 6.93. The lowest BCUT2D eigenvalue weighted by molar-refractivity contribution is -0.117. The molecule has 4 rings (SSSR count). The third-order valence-electron chi connectivity index (χ3n) is 5.02. The van der Waals surface area contributed by atoms with E-state index in [1.165, 1.54) is 0 Å². The summed E-state index contributed by atoms with van der Waals surface area (Å²) in [6.45, 7) is 0.0467. The minimum Gasteiger partial charge on any atom is -0.398 e. The number of benzene rings is 1. The van der Waals surface area contributed by atoms with Crippen LogP contribution in [-0.2, 0) is 11.2 Å². The molecule has 0 radical (unpaired) electrons. The fraction of sp³-hybridized carbons (Fsp3) is 0.238. The van der Waals surface area contributed by atoms with Gasteiger partial charge in [-0.1, -0.05) is 0 Å². The van der Waals surface area contributed by atoms with Gasteiger partial charge in [-0.3, -0.25) is 9.78 Å². The molecule has 0 bridgehead atoms. The Morgan fingerprint density at radius 2 is 2.21 bits per heavy atom. The van der Waals surface area contributed by atoms with E-state index in [2.05, 4.69) is 21.4 Å². The third kappa shape index (κ3) is 3.38. The summed E-state index contributed by atoms with van der Waals surface area (Å²) in [5, 5.41) is 22.6. The molecule has 28 heavy (non-hydrogen) atoms. The minimum absolute atomic E-state index is 0.0467. The number of aromatic nitrogens is 2. The zero-order chi connectivity index (χ0) is 19.7. The zero-order valence-electron chi connectivity index (χ0n) is 15.1. The van der Waals surface area contributed by atoms with Gasteiger partial charge in [0.1, 0.15) is 5.82 Å². The quantitative estimate of drug-likeness (QED) is 0.590. The Hall–Kier alpha value is -3.50. The highest BCUT2D eigenvalue weighted by Crippen LogP contribution is 2.38. The van der Waals surface area contributed by atoms with Crippen molar-refractivity contribution in [1.29, 1.82) is 5.26 Å². The molecule has 1 amide bonds. The van der Waals surface area contributed by atoms with Gasteiger partial charge in [0.25, 0.3) is 0 Å². The molecule has 1 fully saturated rings. The van der Waals surface area contributed by atoms with Gasteiger partial charge in [-0.05, 0) is 53.6 Å². The van der Waals surface area contributed by atoms with Crippen LogP contribution in [0.15, 0.2) is 42.9 Å². The first-order valence-corrected chi connectivity index (χ1v) is 9.04. The Morgan fingerprint density at radius 3 is 2.96 bits per heavy atom. The third-order valence-corrected chi connectivity index (χ3v) is 5.02. The number of nitrogens with one attached hydrogen (secondary N) is 1. The van der Waals surface area contributed by atoms with Crippen LogP contribution in [0.1, 0.15) is 12.0 Å². The number of amides is 1. The summed E-state index contributed by atoms with van der Waals surface area (Å²) in [6.07, 6.45) is 6.21. The number of nitrogens with zero attached hydrogens (tertiary/aromatic N) is 3. The monoisotopic (exact) mass is 373 g/mol. The van der Waals surface area contributed by atoms with Crippen molar-refractivity contribution >= 4 is 28.2 Å². The van der Waals surface area contributed by atoms with E-state index < -0.39 is 0 Å². The zero-order valence-corrected chi connectivity index (χ0v) is 15.1. The minimum atomic E-state index is -0.254. The van der Waals surface area contributed by atoms with Gasteiger partial charge >= 0.3 is 0 Å². The van der Waals surface area contributed by atoms with Crippen LogP contribution in [0.3, 0.4) is 0 Å². The molecule has 1 aromatic carbocycles. The van der Waals surface area contributed by atoms with Crippen molar-refractivity contribution in [2.75, 3.05) is 17.7 Å². The molecule has 1 aliphatic carbocycles. The molecule has 4 N–H and O–H groups in total. The molecule has 1 saturated carbocycles. The first kappa shape index (κ1) is 17.9. The summed E-state index contributed by atoms with van der Waals surface area (Å²) in [5.41, 5.74) is 9.58. The van der Waals surface area contributed by atoms with Crippen molar-refractivity contribution in [2.24, 2.45) is 11.8 Å². The molecule has 0 saturated heterocycles. The van der Waals surface area contributed by atoms with Gasteiger partial charge in [0.05, 0.1) is 17.9 Å². The molecule has 7 nitrogen and oxygen atoms in total. The number of nitrogen functional groups attached to an aromatic ring is 1. The smallest absolute Gasteiger partial charge is 0.230 e. The molecule has 0 spiro atoms. The van der Waals surface area contributed by atoms with Crippen LogP contribution in [0.5, 0.6) is 0 Å². The number of fused-ring (bicyclic) bond motifs is 1. The first-order valence-electron chi connectivity index (χ1n) is 9.04. The van der Waals surface area contributed by atoms with Crippen molar-refractivity contribution < 1.29 is 9.90 Å². The van der Waals surface area contributed by atoms with Crippen molar-refractivity contribution in [2.45, 2.75) is 12.8 Å². The molecule has 2 unspecified atom stereocenters. The molecule has 3 aromatic rings. The maximum Gasteiger partial charge on any atom is 0.230 e. The number of nitriles is 1. The molecule has 1 aliphatic rings. The number of hydrogen-bond acceptors (Lipinski definition) is 6. The average Bonchev–Trinajstić information content (AvgIpc) is 3.48. The number of aliphatic hydroxyl groups excluding tert-OH is 1. The lowest BCUT2D eigenvalue weighted by Crippen LogP contribution is -2.15. The number of pyridine rings is 2. The Morgan fingerprint density at radius 1 is 1.36 bits per heavy atom. The summed E-state index contributed by atoms with van der Waals surface area (Å²) in [6, 6.07) is 9.60. The lowest BCUT2D eigenvalue weighted by Gasteiger charge is -2.12. The first-order chi connectivity index (χ1) is 13.6. The number of rotatable bonds is 5. The maximum atomic E-state index is 12.2. The van der Waals surface area contributed by atoms with E-state index in [1.54, 1.807) is 24.7 Å². The van der Waals surface area contributed by atoms with Crippen LogP contribution in [0.2, 0.25) is 0 Å². The van der Waals surface area contributed by atoms with E-state index in [1.807, 2.05) is 18.2 Å². The summed E-state index contributed by atoms with van der Waals surface area (Å²) < 4.78 is 0.